The molecular weight excluding hydrogens is 272 g/mol. The van der Waals surface area contributed by atoms with Crippen molar-refractivity contribution in [2.45, 2.75) is 33.6 Å². The van der Waals surface area contributed by atoms with Gasteiger partial charge in [0.25, 0.3) is 5.91 Å². The van der Waals surface area contributed by atoms with Crippen LogP contribution in [0.4, 0.5) is 0 Å². The fraction of sp³-hybridized carbons (Fsp3) is 0.368. The highest BCUT2D eigenvalue weighted by Crippen LogP contribution is 2.18. The van der Waals surface area contributed by atoms with E-state index < -0.39 is 0 Å². The first-order valence-corrected chi connectivity index (χ1v) is 7.98. The zero-order valence-corrected chi connectivity index (χ0v) is 13.7. The molecule has 0 aliphatic rings. The molecule has 0 N–H and O–H groups in total. The highest BCUT2D eigenvalue weighted by molar-refractivity contribution is 5.94. The molecule has 0 unspecified atom stereocenters. The first-order valence-electron chi connectivity index (χ1n) is 7.98. The third-order valence-corrected chi connectivity index (χ3v) is 3.60. The Morgan fingerprint density at radius 1 is 1.09 bits per heavy atom. The number of hydrogen-bond donors (Lipinski definition) is 0. The number of carbonyl (C=O) groups is 1. The molecule has 0 saturated heterocycles. The minimum Gasteiger partial charge on any atom is -0.339 e. The quantitative estimate of drug-likeness (QED) is 0.795. The number of aromatic nitrogens is 1. The lowest BCUT2D eigenvalue weighted by Crippen LogP contribution is -2.32. The number of amides is 1. The van der Waals surface area contributed by atoms with Gasteiger partial charge in [-0.3, -0.25) is 9.78 Å². The summed E-state index contributed by atoms with van der Waals surface area (Å²) in [7, 11) is 0. The van der Waals surface area contributed by atoms with Gasteiger partial charge in [0.05, 0.1) is 11.3 Å². The van der Waals surface area contributed by atoms with Crippen LogP contribution in [0, 0.1) is 6.92 Å². The third-order valence-electron chi connectivity index (χ3n) is 3.60. The molecule has 22 heavy (non-hydrogen) atoms. The summed E-state index contributed by atoms with van der Waals surface area (Å²) in [5, 5.41) is 0. The van der Waals surface area contributed by atoms with Gasteiger partial charge in [0.1, 0.15) is 0 Å². The Morgan fingerprint density at radius 2 is 1.82 bits per heavy atom. The van der Waals surface area contributed by atoms with Gasteiger partial charge in [0, 0.05) is 24.8 Å². The van der Waals surface area contributed by atoms with Crippen molar-refractivity contribution in [3.63, 3.8) is 0 Å². The fourth-order valence-corrected chi connectivity index (χ4v) is 2.53. The Morgan fingerprint density at radius 3 is 2.36 bits per heavy atom. The van der Waals surface area contributed by atoms with Crippen molar-refractivity contribution in [3.8, 4) is 11.3 Å². The van der Waals surface area contributed by atoms with Crippen molar-refractivity contribution in [2.75, 3.05) is 13.1 Å². The molecule has 116 valence electrons. The topological polar surface area (TPSA) is 33.2 Å². The SMILES string of the molecule is CCCN(CCC)C(=O)c1ccc(-c2cccc(C)c2)nc1. The smallest absolute Gasteiger partial charge is 0.255 e. The zero-order valence-electron chi connectivity index (χ0n) is 13.7. The number of benzene rings is 1. The van der Waals surface area contributed by atoms with Crippen molar-refractivity contribution in [2.24, 2.45) is 0 Å². The normalized spacial score (nSPS) is 10.5. The maximum atomic E-state index is 12.5. The van der Waals surface area contributed by atoms with Gasteiger partial charge in [0.15, 0.2) is 0 Å². The highest BCUT2D eigenvalue weighted by Gasteiger charge is 2.14. The maximum absolute atomic E-state index is 12.5. The largest absolute Gasteiger partial charge is 0.339 e. The van der Waals surface area contributed by atoms with E-state index in [0.717, 1.165) is 37.2 Å². The van der Waals surface area contributed by atoms with Crippen molar-refractivity contribution in [1.29, 1.82) is 0 Å². The highest BCUT2D eigenvalue weighted by atomic mass is 16.2. The molecule has 0 aliphatic carbocycles. The van der Waals surface area contributed by atoms with Crippen molar-refractivity contribution < 1.29 is 4.79 Å². The molecule has 0 saturated carbocycles. The molecule has 1 aromatic heterocycles. The third kappa shape index (κ3) is 3.94. The lowest BCUT2D eigenvalue weighted by atomic mass is 10.1. The van der Waals surface area contributed by atoms with Crippen molar-refractivity contribution in [1.82, 2.24) is 9.88 Å². The summed E-state index contributed by atoms with van der Waals surface area (Å²) >= 11 is 0. The Bertz CT molecular complexity index is 614. The molecule has 0 fully saturated rings. The van der Waals surface area contributed by atoms with E-state index in [1.54, 1.807) is 6.20 Å². The van der Waals surface area contributed by atoms with Gasteiger partial charge >= 0.3 is 0 Å². The second-order valence-corrected chi connectivity index (χ2v) is 5.59. The second kappa shape index (κ2) is 7.74. The van der Waals surface area contributed by atoms with Gasteiger partial charge in [-0.25, -0.2) is 0 Å². The molecule has 3 nitrogen and oxygen atoms in total. The Kier molecular flexibility index (Phi) is 5.70. The lowest BCUT2D eigenvalue weighted by Gasteiger charge is -2.21. The molecular formula is C19H24N2O. The van der Waals surface area contributed by atoms with Gasteiger partial charge in [-0.2, -0.15) is 0 Å². The van der Waals surface area contributed by atoms with E-state index in [-0.39, 0.29) is 5.91 Å². The number of pyridine rings is 1. The van der Waals surface area contributed by atoms with Crippen LogP contribution in [0.2, 0.25) is 0 Å². The van der Waals surface area contributed by atoms with E-state index in [9.17, 15) is 4.79 Å². The lowest BCUT2D eigenvalue weighted by molar-refractivity contribution is 0.0755. The molecule has 0 atom stereocenters. The van der Waals surface area contributed by atoms with Crippen molar-refractivity contribution >= 4 is 5.91 Å². The fourth-order valence-electron chi connectivity index (χ4n) is 2.53. The van der Waals surface area contributed by atoms with Crippen LogP contribution in [0.3, 0.4) is 0 Å². The summed E-state index contributed by atoms with van der Waals surface area (Å²) in [6.07, 6.45) is 3.64. The summed E-state index contributed by atoms with van der Waals surface area (Å²) in [5.41, 5.74) is 3.85. The molecule has 0 radical (unpaired) electrons. The van der Waals surface area contributed by atoms with E-state index in [4.69, 9.17) is 0 Å². The van der Waals surface area contributed by atoms with Gasteiger partial charge in [-0.1, -0.05) is 37.6 Å². The number of aryl methyl sites for hydroxylation is 1. The summed E-state index contributed by atoms with van der Waals surface area (Å²) in [6.45, 7) is 7.84. The summed E-state index contributed by atoms with van der Waals surface area (Å²) in [5.74, 6) is 0.0759. The summed E-state index contributed by atoms with van der Waals surface area (Å²) in [6, 6.07) is 12.0. The van der Waals surface area contributed by atoms with Crippen molar-refractivity contribution in [3.05, 3.63) is 53.7 Å². The molecule has 1 aromatic carbocycles. The van der Waals surface area contributed by atoms with Crippen LogP contribution in [-0.2, 0) is 0 Å². The average Bonchev–Trinajstić information content (AvgIpc) is 2.54. The monoisotopic (exact) mass is 296 g/mol. The molecule has 3 heteroatoms. The zero-order chi connectivity index (χ0) is 15.9. The number of carbonyl (C=O) groups excluding carboxylic acids is 1. The van der Waals surface area contributed by atoms with Crippen LogP contribution in [0.5, 0.6) is 0 Å². The van der Waals surface area contributed by atoms with Gasteiger partial charge in [0.2, 0.25) is 0 Å². The first kappa shape index (κ1) is 16.2. The second-order valence-electron chi connectivity index (χ2n) is 5.59. The number of nitrogens with zero attached hydrogens (tertiary/aromatic N) is 2. The molecule has 0 aliphatic heterocycles. The minimum atomic E-state index is 0.0759. The summed E-state index contributed by atoms with van der Waals surface area (Å²) < 4.78 is 0. The predicted molar refractivity (Wildman–Crippen MR) is 90.9 cm³/mol. The van der Waals surface area contributed by atoms with Crippen LogP contribution in [0.25, 0.3) is 11.3 Å². The first-order chi connectivity index (χ1) is 10.7. The molecule has 2 rings (SSSR count). The van der Waals surface area contributed by atoms with Crippen LogP contribution in [-0.4, -0.2) is 28.9 Å². The number of hydrogen-bond acceptors (Lipinski definition) is 2. The van der Waals surface area contributed by atoms with Gasteiger partial charge in [-0.15, -0.1) is 0 Å². The molecule has 1 amide bonds. The Labute approximate surface area is 133 Å². The number of rotatable bonds is 6. The van der Waals surface area contributed by atoms with Gasteiger partial charge < -0.3 is 4.90 Å². The minimum absolute atomic E-state index is 0.0759. The van der Waals surface area contributed by atoms with E-state index >= 15 is 0 Å². The Hall–Kier alpha value is -2.16. The molecule has 1 heterocycles. The van der Waals surface area contributed by atoms with Crippen LogP contribution >= 0.6 is 0 Å². The van der Waals surface area contributed by atoms with Gasteiger partial charge in [-0.05, 0) is 38.0 Å². The molecule has 0 bridgehead atoms. The van der Waals surface area contributed by atoms with Crippen LogP contribution < -0.4 is 0 Å². The summed E-state index contributed by atoms with van der Waals surface area (Å²) in [4.78, 5) is 18.9. The van der Waals surface area contributed by atoms with E-state index in [2.05, 4.69) is 37.9 Å². The maximum Gasteiger partial charge on any atom is 0.255 e. The Balaban J connectivity index is 2.19. The van der Waals surface area contributed by atoms with Crippen LogP contribution in [0.15, 0.2) is 42.6 Å². The van der Waals surface area contributed by atoms with E-state index in [1.807, 2.05) is 29.2 Å². The van der Waals surface area contributed by atoms with E-state index in [0.29, 0.717) is 5.56 Å². The van der Waals surface area contributed by atoms with E-state index in [1.165, 1.54) is 5.56 Å². The van der Waals surface area contributed by atoms with Crippen LogP contribution in [0.1, 0.15) is 42.6 Å². The molecule has 2 aromatic rings. The standard InChI is InChI=1S/C19H24N2O/c1-4-11-21(12-5-2)19(22)17-9-10-18(20-14-17)16-8-6-7-15(3)13-16/h6-10,13-14H,4-5,11-12H2,1-3H3. The average molecular weight is 296 g/mol. The predicted octanol–water partition coefficient (Wildman–Crippen LogP) is 4.32. The molecule has 0 spiro atoms.